The summed E-state index contributed by atoms with van der Waals surface area (Å²) < 4.78 is 4.65. The first-order chi connectivity index (χ1) is 14.2. The molecular formula is C25H31N2O2+. The summed E-state index contributed by atoms with van der Waals surface area (Å²) in [6.45, 7) is 3.87. The highest BCUT2D eigenvalue weighted by molar-refractivity contribution is 5.87. The van der Waals surface area contributed by atoms with Crippen molar-refractivity contribution in [2.45, 2.75) is 58.5 Å². The minimum absolute atomic E-state index is 0.330. The van der Waals surface area contributed by atoms with Crippen LogP contribution in [0.2, 0.25) is 0 Å². The number of benzene rings is 2. The number of aromatic nitrogens is 2. The summed E-state index contributed by atoms with van der Waals surface area (Å²) in [5.74, 6) is 0.443. The van der Waals surface area contributed by atoms with Gasteiger partial charge in [-0.2, -0.15) is 0 Å². The van der Waals surface area contributed by atoms with Crippen LogP contribution in [0.15, 0.2) is 67.0 Å². The van der Waals surface area contributed by atoms with Gasteiger partial charge in [0.05, 0.1) is 5.56 Å². The number of carboxylic acid groups (broad SMARTS) is 1. The molecular weight excluding hydrogens is 360 g/mol. The molecule has 2 aromatic carbocycles. The summed E-state index contributed by atoms with van der Waals surface area (Å²) in [4.78, 5) is 11.1. The Bertz CT molecular complexity index is 898. The minimum atomic E-state index is -0.883. The van der Waals surface area contributed by atoms with E-state index >= 15 is 0 Å². The summed E-state index contributed by atoms with van der Waals surface area (Å²) in [6.07, 6.45) is 11.7. The molecule has 0 spiro atoms. The van der Waals surface area contributed by atoms with Gasteiger partial charge in [-0.15, -0.1) is 0 Å². The summed E-state index contributed by atoms with van der Waals surface area (Å²) in [5, 5.41) is 9.10. The molecule has 0 unspecified atom stereocenters. The number of aromatic carboxylic acids is 1. The van der Waals surface area contributed by atoms with Crippen LogP contribution in [0.5, 0.6) is 0 Å². The van der Waals surface area contributed by atoms with Gasteiger partial charge >= 0.3 is 5.97 Å². The van der Waals surface area contributed by atoms with Crippen LogP contribution < -0.4 is 4.57 Å². The van der Waals surface area contributed by atoms with E-state index in [4.69, 9.17) is 5.11 Å². The van der Waals surface area contributed by atoms with Crippen molar-refractivity contribution in [2.24, 2.45) is 0 Å². The normalized spacial score (nSPS) is 10.9. The third-order valence-electron chi connectivity index (χ3n) is 5.34. The molecule has 0 fully saturated rings. The summed E-state index contributed by atoms with van der Waals surface area (Å²) >= 11 is 0. The Kier molecular flexibility index (Phi) is 7.62. The van der Waals surface area contributed by atoms with Crippen molar-refractivity contribution >= 4 is 5.97 Å². The van der Waals surface area contributed by atoms with E-state index in [1.165, 1.54) is 43.5 Å². The Balaban J connectivity index is 1.76. The monoisotopic (exact) mass is 391 g/mol. The van der Waals surface area contributed by atoms with Crippen molar-refractivity contribution in [3.05, 3.63) is 89.5 Å². The molecule has 3 rings (SSSR count). The lowest BCUT2D eigenvalue weighted by Crippen LogP contribution is -2.38. The maximum Gasteiger partial charge on any atom is 0.335 e. The van der Waals surface area contributed by atoms with Gasteiger partial charge in [0.2, 0.25) is 0 Å². The maximum absolute atomic E-state index is 11.1. The molecule has 4 nitrogen and oxygen atoms in total. The van der Waals surface area contributed by atoms with Crippen LogP contribution in [0.1, 0.15) is 66.3 Å². The van der Waals surface area contributed by atoms with Crippen molar-refractivity contribution < 1.29 is 14.5 Å². The number of rotatable bonds is 11. The molecule has 29 heavy (non-hydrogen) atoms. The van der Waals surface area contributed by atoms with Crippen molar-refractivity contribution in [2.75, 3.05) is 0 Å². The van der Waals surface area contributed by atoms with Crippen LogP contribution in [0, 0.1) is 0 Å². The molecule has 152 valence electrons. The van der Waals surface area contributed by atoms with Gasteiger partial charge in [0.1, 0.15) is 25.5 Å². The molecule has 0 bridgehead atoms. The quantitative estimate of drug-likeness (QED) is 0.366. The van der Waals surface area contributed by atoms with Gasteiger partial charge in [-0.3, -0.25) is 0 Å². The second-order valence-corrected chi connectivity index (χ2v) is 7.62. The predicted molar refractivity (Wildman–Crippen MR) is 115 cm³/mol. The molecule has 4 heteroatoms. The predicted octanol–water partition coefficient (Wildman–Crippen LogP) is 5.08. The summed E-state index contributed by atoms with van der Waals surface area (Å²) in [6, 6.07) is 17.7. The molecule has 1 aromatic heterocycles. The lowest BCUT2D eigenvalue weighted by molar-refractivity contribution is -0.695. The number of carboxylic acids is 1. The van der Waals surface area contributed by atoms with Crippen LogP contribution in [0.3, 0.4) is 0 Å². The topological polar surface area (TPSA) is 46.1 Å². The van der Waals surface area contributed by atoms with Gasteiger partial charge in [0.25, 0.3) is 5.82 Å². The molecule has 0 atom stereocenters. The van der Waals surface area contributed by atoms with Gasteiger partial charge in [-0.1, -0.05) is 75.1 Å². The highest BCUT2D eigenvalue weighted by atomic mass is 16.4. The molecule has 1 heterocycles. The molecule has 0 radical (unpaired) electrons. The largest absolute Gasteiger partial charge is 0.478 e. The van der Waals surface area contributed by atoms with Gasteiger partial charge in [-0.25, -0.2) is 13.9 Å². The minimum Gasteiger partial charge on any atom is -0.478 e. The number of hydrogen-bond acceptors (Lipinski definition) is 1. The van der Waals surface area contributed by atoms with E-state index in [0.29, 0.717) is 5.56 Å². The molecule has 3 aromatic rings. The van der Waals surface area contributed by atoms with E-state index in [1.807, 2.05) is 12.1 Å². The molecule has 1 N–H and O–H groups in total. The molecule has 0 saturated carbocycles. The zero-order valence-corrected chi connectivity index (χ0v) is 17.3. The van der Waals surface area contributed by atoms with Crippen LogP contribution in [0.4, 0.5) is 0 Å². The second kappa shape index (κ2) is 10.6. The maximum atomic E-state index is 11.1. The van der Waals surface area contributed by atoms with E-state index < -0.39 is 5.97 Å². The average molecular weight is 392 g/mol. The number of unbranched alkanes of at least 4 members (excludes halogenated alkanes) is 4. The first-order valence-electron chi connectivity index (χ1n) is 10.6. The molecule has 0 amide bonds. The van der Waals surface area contributed by atoms with E-state index in [0.717, 1.165) is 25.1 Å². The third kappa shape index (κ3) is 6.05. The summed E-state index contributed by atoms with van der Waals surface area (Å²) in [7, 11) is 0. The van der Waals surface area contributed by atoms with Crippen LogP contribution in [-0.2, 0) is 19.5 Å². The standard InChI is InChI=1S/C25H30N2O2/c1-2-3-4-5-9-12-24-26(19-21-10-7-6-8-11-21)17-18-27(24)20-22-13-15-23(16-14-22)25(28)29/h6-8,10-11,13-18H,2-5,9,12,19-20H2,1H3/p+1. The zero-order valence-electron chi connectivity index (χ0n) is 17.3. The van der Waals surface area contributed by atoms with E-state index in [9.17, 15) is 4.79 Å². The highest BCUT2D eigenvalue weighted by Crippen LogP contribution is 2.12. The van der Waals surface area contributed by atoms with Crippen LogP contribution >= 0.6 is 0 Å². The van der Waals surface area contributed by atoms with Gasteiger partial charge in [-0.05, 0) is 29.7 Å². The smallest absolute Gasteiger partial charge is 0.335 e. The lowest BCUT2D eigenvalue weighted by Gasteiger charge is -2.07. The molecule has 0 aliphatic rings. The van der Waals surface area contributed by atoms with Gasteiger partial charge in [0, 0.05) is 6.42 Å². The van der Waals surface area contributed by atoms with Gasteiger partial charge < -0.3 is 5.11 Å². The zero-order chi connectivity index (χ0) is 20.5. The summed E-state index contributed by atoms with van der Waals surface area (Å²) in [5.41, 5.74) is 2.74. The first kappa shape index (κ1) is 20.8. The number of hydrogen-bond donors (Lipinski definition) is 1. The fourth-order valence-electron chi connectivity index (χ4n) is 3.69. The van der Waals surface area contributed by atoms with Crippen molar-refractivity contribution in [1.29, 1.82) is 0 Å². The fraction of sp³-hybridized carbons (Fsp3) is 0.360. The van der Waals surface area contributed by atoms with E-state index in [-0.39, 0.29) is 0 Å². The van der Waals surface area contributed by atoms with E-state index in [2.05, 4.69) is 58.8 Å². The first-order valence-corrected chi connectivity index (χ1v) is 10.6. The van der Waals surface area contributed by atoms with E-state index in [1.54, 1.807) is 12.1 Å². The highest BCUT2D eigenvalue weighted by Gasteiger charge is 2.17. The number of carbonyl (C=O) groups is 1. The number of imidazole rings is 1. The molecule has 0 aliphatic heterocycles. The SMILES string of the molecule is CCCCCCCc1n(Cc2ccc(C(=O)O)cc2)cc[n+]1Cc1ccccc1. The van der Waals surface area contributed by atoms with Gasteiger partial charge in [0.15, 0.2) is 0 Å². The van der Waals surface area contributed by atoms with Crippen LogP contribution in [-0.4, -0.2) is 15.6 Å². The molecule has 0 aliphatic carbocycles. The van der Waals surface area contributed by atoms with Crippen LogP contribution in [0.25, 0.3) is 0 Å². The second-order valence-electron chi connectivity index (χ2n) is 7.62. The Hall–Kier alpha value is -2.88. The fourth-order valence-corrected chi connectivity index (χ4v) is 3.69. The van der Waals surface area contributed by atoms with Crippen molar-refractivity contribution in [1.82, 2.24) is 4.57 Å². The van der Waals surface area contributed by atoms with Crippen molar-refractivity contribution in [3.63, 3.8) is 0 Å². The van der Waals surface area contributed by atoms with Crippen molar-refractivity contribution in [3.8, 4) is 0 Å². The third-order valence-corrected chi connectivity index (χ3v) is 5.34. The lowest BCUT2D eigenvalue weighted by atomic mass is 10.1. The average Bonchev–Trinajstić information content (AvgIpc) is 3.10. The Morgan fingerprint density at radius 2 is 1.66 bits per heavy atom. The number of nitrogens with zero attached hydrogens (tertiary/aromatic N) is 2. The Morgan fingerprint density at radius 1 is 0.931 bits per heavy atom. The Labute approximate surface area is 173 Å². The Morgan fingerprint density at radius 3 is 2.34 bits per heavy atom. The molecule has 0 saturated heterocycles.